The molecule has 1 aliphatic rings. The standard InChI is InChI=1S/C14H16N2O4S/c17-12(16-9-1-2-9)7-8-15-14(20)11-5-3-10(21-11)4-6-13(18)19/h3-6,9H,1-2,7-8H2,(H,15,20)(H,16,17)(H,18,19). The molecule has 6 nitrogen and oxygen atoms in total. The first-order chi connectivity index (χ1) is 10.0. The highest BCUT2D eigenvalue weighted by atomic mass is 32.1. The van der Waals surface area contributed by atoms with Crippen molar-refractivity contribution in [3.05, 3.63) is 28.0 Å². The van der Waals surface area contributed by atoms with E-state index in [0.717, 1.165) is 18.9 Å². The zero-order valence-corrected chi connectivity index (χ0v) is 12.1. The van der Waals surface area contributed by atoms with Crippen LogP contribution in [0.5, 0.6) is 0 Å². The molecule has 0 unspecified atom stereocenters. The molecular weight excluding hydrogens is 292 g/mol. The Hall–Kier alpha value is -2.15. The molecular formula is C14H16N2O4S. The Morgan fingerprint density at radius 1 is 1.33 bits per heavy atom. The highest BCUT2D eigenvalue weighted by molar-refractivity contribution is 7.14. The van der Waals surface area contributed by atoms with Crippen LogP contribution in [0.2, 0.25) is 0 Å². The number of amides is 2. The van der Waals surface area contributed by atoms with Crippen molar-refractivity contribution in [1.82, 2.24) is 10.6 Å². The second kappa shape index (κ2) is 7.03. The van der Waals surface area contributed by atoms with Gasteiger partial charge in [-0.1, -0.05) is 0 Å². The van der Waals surface area contributed by atoms with Gasteiger partial charge in [-0.25, -0.2) is 4.79 Å². The second-order valence-electron chi connectivity index (χ2n) is 4.72. The fourth-order valence-electron chi connectivity index (χ4n) is 1.62. The summed E-state index contributed by atoms with van der Waals surface area (Å²) in [5.74, 6) is -1.33. The van der Waals surface area contributed by atoms with E-state index in [4.69, 9.17) is 5.11 Å². The first-order valence-corrected chi connectivity index (χ1v) is 7.44. The Labute approximate surface area is 125 Å². The maximum atomic E-state index is 11.8. The van der Waals surface area contributed by atoms with E-state index < -0.39 is 5.97 Å². The fourth-order valence-corrected chi connectivity index (χ4v) is 2.45. The number of aliphatic carboxylic acids is 1. The summed E-state index contributed by atoms with van der Waals surface area (Å²) in [5.41, 5.74) is 0. The van der Waals surface area contributed by atoms with Crippen LogP contribution < -0.4 is 10.6 Å². The van der Waals surface area contributed by atoms with Crippen molar-refractivity contribution in [3.63, 3.8) is 0 Å². The van der Waals surface area contributed by atoms with Crippen molar-refractivity contribution in [2.75, 3.05) is 6.54 Å². The van der Waals surface area contributed by atoms with Crippen molar-refractivity contribution in [2.24, 2.45) is 0 Å². The third-order valence-electron chi connectivity index (χ3n) is 2.82. The Balaban J connectivity index is 1.74. The van der Waals surface area contributed by atoms with Gasteiger partial charge in [0.1, 0.15) is 0 Å². The number of thiophene rings is 1. The van der Waals surface area contributed by atoms with Crippen molar-refractivity contribution in [3.8, 4) is 0 Å². The molecule has 7 heteroatoms. The highest BCUT2D eigenvalue weighted by Gasteiger charge is 2.22. The lowest BCUT2D eigenvalue weighted by Gasteiger charge is -2.04. The number of hydrogen-bond donors (Lipinski definition) is 3. The fraction of sp³-hybridized carbons (Fsp3) is 0.357. The number of rotatable bonds is 7. The quantitative estimate of drug-likeness (QED) is 0.660. The van der Waals surface area contributed by atoms with Gasteiger partial charge in [0.2, 0.25) is 5.91 Å². The minimum Gasteiger partial charge on any atom is -0.478 e. The van der Waals surface area contributed by atoms with Gasteiger partial charge in [0, 0.05) is 30.0 Å². The number of hydrogen-bond acceptors (Lipinski definition) is 4. The molecule has 3 N–H and O–H groups in total. The van der Waals surface area contributed by atoms with Crippen molar-refractivity contribution < 1.29 is 19.5 Å². The van der Waals surface area contributed by atoms with Gasteiger partial charge in [0.25, 0.3) is 5.91 Å². The topological polar surface area (TPSA) is 95.5 Å². The van der Waals surface area contributed by atoms with Crippen LogP contribution in [0.1, 0.15) is 33.8 Å². The molecule has 1 saturated carbocycles. The number of carboxylic acid groups (broad SMARTS) is 1. The van der Waals surface area contributed by atoms with Crippen LogP contribution in [0, 0.1) is 0 Å². The molecule has 0 radical (unpaired) electrons. The van der Waals surface area contributed by atoms with E-state index in [1.807, 2.05) is 0 Å². The number of carbonyl (C=O) groups is 3. The van der Waals surface area contributed by atoms with Crippen molar-refractivity contribution in [2.45, 2.75) is 25.3 Å². The lowest BCUT2D eigenvalue weighted by molar-refractivity contribution is -0.131. The van der Waals surface area contributed by atoms with Crippen molar-refractivity contribution in [1.29, 1.82) is 0 Å². The maximum Gasteiger partial charge on any atom is 0.328 e. The molecule has 1 fully saturated rings. The Morgan fingerprint density at radius 2 is 2.10 bits per heavy atom. The average Bonchev–Trinajstić information content (AvgIpc) is 3.10. The second-order valence-corrected chi connectivity index (χ2v) is 5.84. The molecule has 0 atom stereocenters. The van der Waals surface area contributed by atoms with Gasteiger partial charge in [-0.2, -0.15) is 0 Å². The van der Waals surface area contributed by atoms with E-state index in [2.05, 4.69) is 10.6 Å². The zero-order valence-electron chi connectivity index (χ0n) is 11.3. The van der Waals surface area contributed by atoms with Crippen molar-refractivity contribution >= 4 is 35.2 Å². The first-order valence-electron chi connectivity index (χ1n) is 6.63. The smallest absolute Gasteiger partial charge is 0.328 e. The Morgan fingerprint density at radius 3 is 2.76 bits per heavy atom. The lowest BCUT2D eigenvalue weighted by Crippen LogP contribution is -2.31. The van der Waals surface area contributed by atoms with Crippen LogP contribution in [0.15, 0.2) is 18.2 Å². The summed E-state index contributed by atoms with van der Waals surface area (Å²) in [5, 5.41) is 14.0. The molecule has 21 heavy (non-hydrogen) atoms. The van der Waals surface area contributed by atoms with E-state index in [9.17, 15) is 14.4 Å². The van der Waals surface area contributed by atoms with E-state index in [-0.39, 0.29) is 24.8 Å². The molecule has 0 aromatic carbocycles. The van der Waals surface area contributed by atoms with Crippen LogP contribution in [-0.2, 0) is 9.59 Å². The Kier molecular flexibility index (Phi) is 5.10. The Bertz CT molecular complexity index is 575. The molecule has 1 aromatic rings. The summed E-state index contributed by atoms with van der Waals surface area (Å²) in [6.45, 7) is 0.287. The number of carboxylic acids is 1. The van der Waals surface area contributed by atoms with E-state index in [1.165, 1.54) is 17.4 Å². The summed E-state index contributed by atoms with van der Waals surface area (Å²) in [4.78, 5) is 34.9. The average molecular weight is 308 g/mol. The van der Waals surface area contributed by atoms with E-state index >= 15 is 0 Å². The first kappa shape index (κ1) is 15.2. The molecule has 0 spiro atoms. The van der Waals surface area contributed by atoms with Crippen LogP contribution in [-0.4, -0.2) is 35.5 Å². The molecule has 112 valence electrons. The van der Waals surface area contributed by atoms with Crippen LogP contribution in [0.3, 0.4) is 0 Å². The normalized spacial score (nSPS) is 14.1. The third-order valence-corrected chi connectivity index (χ3v) is 3.87. The van der Waals surface area contributed by atoms with Crippen LogP contribution in [0.25, 0.3) is 6.08 Å². The summed E-state index contributed by atoms with van der Waals surface area (Å²) < 4.78 is 0. The largest absolute Gasteiger partial charge is 0.478 e. The van der Waals surface area contributed by atoms with E-state index in [1.54, 1.807) is 12.1 Å². The van der Waals surface area contributed by atoms with Gasteiger partial charge in [-0.05, 0) is 31.1 Å². The lowest BCUT2D eigenvalue weighted by atomic mass is 10.3. The molecule has 1 aromatic heterocycles. The third kappa shape index (κ3) is 5.39. The molecule has 1 heterocycles. The van der Waals surface area contributed by atoms with Gasteiger partial charge in [0.05, 0.1) is 4.88 Å². The maximum absolute atomic E-state index is 11.8. The van der Waals surface area contributed by atoms with Gasteiger partial charge in [0.15, 0.2) is 0 Å². The minimum atomic E-state index is -1.03. The zero-order chi connectivity index (χ0) is 15.2. The highest BCUT2D eigenvalue weighted by Crippen LogP contribution is 2.19. The van der Waals surface area contributed by atoms with E-state index in [0.29, 0.717) is 15.8 Å². The van der Waals surface area contributed by atoms with Gasteiger partial charge in [-0.3, -0.25) is 9.59 Å². The summed E-state index contributed by atoms with van der Waals surface area (Å²) in [6, 6.07) is 3.64. The molecule has 2 amide bonds. The van der Waals surface area contributed by atoms with Crippen LogP contribution >= 0.6 is 11.3 Å². The summed E-state index contributed by atoms with van der Waals surface area (Å²) >= 11 is 1.20. The SMILES string of the molecule is O=C(O)C=Cc1ccc(C(=O)NCCC(=O)NC2CC2)s1. The predicted octanol–water partition coefficient (Wildman–Crippen LogP) is 1.24. The summed E-state index contributed by atoms with van der Waals surface area (Å²) in [7, 11) is 0. The monoisotopic (exact) mass is 308 g/mol. The molecule has 1 aliphatic carbocycles. The number of nitrogens with one attached hydrogen (secondary N) is 2. The molecule has 0 saturated heterocycles. The van der Waals surface area contributed by atoms with Crippen LogP contribution in [0.4, 0.5) is 0 Å². The van der Waals surface area contributed by atoms with Gasteiger partial charge in [-0.15, -0.1) is 11.3 Å². The van der Waals surface area contributed by atoms with Gasteiger partial charge < -0.3 is 15.7 Å². The molecule has 0 bridgehead atoms. The molecule has 2 rings (SSSR count). The number of carbonyl (C=O) groups excluding carboxylic acids is 2. The summed E-state index contributed by atoms with van der Waals surface area (Å²) in [6.07, 6.45) is 4.81. The predicted molar refractivity (Wildman–Crippen MR) is 79.1 cm³/mol. The van der Waals surface area contributed by atoms with Gasteiger partial charge >= 0.3 is 5.97 Å². The minimum absolute atomic E-state index is 0.0472. The molecule has 0 aliphatic heterocycles.